The van der Waals surface area contributed by atoms with Gasteiger partial charge in [-0.3, -0.25) is 0 Å². The highest BCUT2D eigenvalue weighted by Gasteiger charge is 2.34. The summed E-state index contributed by atoms with van der Waals surface area (Å²) >= 11 is 0. The number of ether oxygens (including phenoxy) is 2. The minimum Gasteiger partial charge on any atom is -0.497 e. The Morgan fingerprint density at radius 2 is 1.22 bits per heavy atom. The van der Waals surface area contributed by atoms with E-state index in [9.17, 15) is 13.2 Å². The first kappa shape index (κ1) is 24.1. The van der Waals surface area contributed by atoms with Gasteiger partial charge in [0.1, 0.15) is 28.7 Å². The molecule has 5 aromatic rings. The first-order valence-electron chi connectivity index (χ1n) is 11.3. The average molecular weight is 502 g/mol. The van der Waals surface area contributed by atoms with Gasteiger partial charge in [-0.2, -0.15) is 13.2 Å². The van der Waals surface area contributed by atoms with Crippen LogP contribution in [-0.4, -0.2) is 24.4 Å². The van der Waals surface area contributed by atoms with E-state index in [4.69, 9.17) is 13.9 Å². The number of furan rings is 1. The zero-order valence-electron chi connectivity index (χ0n) is 19.9. The molecule has 0 aliphatic rings. The number of halogens is 3. The van der Waals surface area contributed by atoms with Crippen LogP contribution in [0.1, 0.15) is 5.56 Å². The lowest BCUT2D eigenvalue weighted by Gasteiger charge is -2.11. The highest BCUT2D eigenvalue weighted by atomic mass is 19.4. The van der Waals surface area contributed by atoms with Gasteiger partial charge >= 0.3 is 6.18 Å². The highest BCUT2D eigenvalue weighted by Crippen LogP contribution is 2.40. The third kappa shape index (κ3) is 4.91. The number of methoxy groups -OCH3 is 2. The van der Waals surface area contributed by atoms with E-state index in [0.717, 1.165) is 17.2 Å². The molecule has 0 saturated heterocycles. The number of hydrogen-bond acceptors (Lipinski definition) is 5. The fourth-order valence-electron chi connectivity index (χ4n) is 4.02. The molecule has 186 valence electrons. The Kier molecular flexibility index (Phi) is 6.40. The zero-order chi connectivity index (χ0) is 26.0. The number of aromatic nitrogens is 2. The summed E-state index contributed by atoms with van der Waals surface area (Å²) in [7, 11) is 3.16. The highest BCUT2D eigenvalue weighted by molar-refractivity contribution is 5.82. The predicted octanol–water partition coefficient (Wildman–Crippen LogP) is 7.77. The topological polar surface area (TPSA) is 57.4 Å². The average Bonchev–Trinajstić information content (AvgIpc) is 3.43. The Balaban J connectivity index is 1.64. The molecule has 5 rings (SSSR count). The SMILES string of the molecule is COc1ccc(-c2cc(-c3ccc(-c4ccccc4C(F)(F)F)o3)c(-c3ccc(OC)cc3)nn2)cc1. The van der Waals surface area contributed by atoms with Gasteiger partial charge in [0.2, 0.25) is 0 Å². The van der Waals surface area contributed by atoms with E-state index in [1.165, 1.54) is 18.2 Å². The first-order chi connectivity index (χ1) is 17.9. The van der Waals surface area contributed by atoms with Crippen LogP contribution in [0.3, 0.4) is 0 Å². The van der Waals surface area contributed by atoms with Crippen LogP contribution in [0, 0.1) is 0 Å². The Bertz CT molecular complexity index is 1530. The van der Waals surface area contributed by atoms with E-state index in [2.05, 4.69) is 10.2 Å². The summed E-state index contributed by atoms with van der Waals surface area (Å²) in [5, 5.41) is 8.88. The molecule has 0 fully saturated rings. The second-order valence-corrected chi connectivity index (χ2v) is 8.16. The molecule has 37 heavy (non-hydrogen) atoms. The van der Waals surface area contributed by atoms with Crippen LogP contribution in [0.25, 0.3) is 45.2 Å². The smallest absolute Gasteiger partial charge is 0.417 e. The van der Waals surface area contributed by atoms with Gasteiger partial charge in [0.05, 0.1) is 25.5 Å². The van der Waals surface area contributed by atoms with Crippen molar-refractivity contribution in [1.82, 2.24) is 10.2 Å². The molecule has 0 radical (unpaired) electrons. The van der Waals surface area contributed by atoms with Crippen LogP contribution in [-0.2, 0) is 6.18 Å². The summed E-state index contributed by atoms with van der Waals surface area (Å²) in [6.07, 6.45) is -4.52. The van der Waals surface area contributed by atoms with Crippen molar-refractivity contribution >= 4 is 0 Å². The summed E-state index contributed by atoms with van der Waals surface area (Å²) in [5.41, 5.74) is 2.42. The minimum absolute atomic E-state index is 0.0374. The van der Waals surface area contributed by atoms with Gasteiger partial charge in [0, 0.05) is 22.3 Å². The lowest BCUT2D eigenvalue weighted by Crippen LogP contribution is -2.06. The van der Waals surface area contributed by atoms with Gasteiger partial charge in [-0.15, -0.1) is 10.2 Å². The van der Waals surface area contributed by atoms with E-state index >= 15 is 0 Å². The molecule has 8 heteroatoms. The van der Waals surface area contributed by atoms with Crippen molar-refractivity contribution in [3.63, 3.8) is 0 Å². The third-order valence-electron chi connectivity index (χ3n) is 5.91. The van der Waals surface area contributed by atoms with Crippen LogP contribution in [0.15, 0.2) is 95.4 Å². The summed E-state index contributed by atoms with van der Waals surface area (Å²) < 4.78 is 57.4. The van der Waals surface area contributed by atoms with E-state index in [1.54, 1.807) is 38.5 Å². The lowest BCUT2D eigenvalue weighted by atomic mass is 10.0. The number of rotatable bonds is 6. The van der Waals surface area contributed by atoms with Gasteiger partial charge < -0.3 is 13.9 Å². The maximum Gasteiger partial charge on any atom is 0.417 e. The Morgan fingerprint density at radius 1 is 0.649 bits per heavy atom. The fourth-order valence-corrected chi connectivity index (χ4v) is 4.02. The molecule has 0 spiro atoms. The summed E-state index contributed by atoms with van der Waals surface area (Å²) in [5.74, 6) is 1.84. The molecule has 0 aliphatic heterocycles. The molecular weight excluding hydrogens is 481 g/mol. The lowest BCUT2D eigenvalue weighted by molar-refractivity contribution is -0.137. The van der Waals surface area contributed by atoms with Crippen LogP contribution in [0.4, 0.5) is 13.2 Å². The van der Waals surface area contributed by atoms with Crippen LogP contribution in [0.5, 0.6) is 11.5 Å². The molecule has 0 unspecified atom stereocenters. The minimum atomic E-state index is -4.52. The fraction of sp³-hybridized carbons (Fsp3) is 0.103. The second-order valence-electron chi connectivity index (χ2n) is 8.16. The number of hydrogen-bond donors (Lipinski definition) is 0. The van der Waals surface area contributed by atoms with Gasteiger partial charge in [-0.1, -0.05) is 18.2 Å². The van der Waals surface area contributed by atoms with Crippen LogP contribution < -0.4 is 9.47 Å². The number of alkyl halides is 3. The molecule has 0 amide bonds. The van der Waals surface area contributed by atoms with Crippen molar-refractivity contribution in [2.75, 3.05) is 14.2 Å². The van der Waals surface area contributed by atoms with Crippen molar-refractivity contribution < 1.29 is 27.1 Å². The summed E-state index contributed by atoms with van der Waals surface area (Å²) in [6.45, 7) is 0. The first-order valence-corrected chi connectivity index (χ1v) is 11.3. The molecule has 3 aromatic carbocycles. The largest absolute Gasteiger partial charge is 0.497 e. The normalized spacial score (nSPS) is 11.4. The molecule has 0 aliphatic carbocycles. The number of benzene rings is 3. The summed E-state index contributed by atoms with van der Waals surface area (Å²) in [4.78, 5) is 0. The zero-order valence-corrected chi connectivity index (χ0v) is 19.9. The van der Waals surface area contributed by atoms with Gasteiger partial charge in [-0.25, -0.2) is 0 Å². The standard InChI is InChI=1S/C29H21F3N2O3/c1-35-20-11-7-18(8-12-20)25-17-23(28(34-33-25)19-9-13-21(36-2)14-10-19)27-16-15-26(37-27)22-5-3-4-6-24(22)29(30,31)32/h3-17H,1-2H3. The van der Waals surface area contributed by atoms with Gasteiger partial charge in [0.25, 0.3) is 0 Å². The number of nitrogens with zero attached hydrogens (tertiary/aromatic N) is 2. The molecule has 0 atom stereocenters. The van der Waals surface area contributed by atoms with Crippen molar-refractivity contribution in [2.45, 2.75) is 6.18 Å². The Labute approximate surface area is 211 Å². The molecule has 2 heterocycles. The molecule has 0 N–H and O–H groups in total. The maximum absolute atomic E-state index is 13.6. The molecule has 2 aromatic heterocycles. The van der Waals surface area contributed by atoms with Crippen molar-refractivity contribution in [1.29, 1.82) is 0 Å². The Morgan fingerprint density at radius 3 is 1.81 bits per heavy atom. The van der Waals surface area contributed by atoms with E-state index in [-0.39, 0.29) is 11.3 Å². The maximum atomic E-state index is 13.6. The molecule has 5 nitrogen and oxygen atoms in total. The van der Waals surface area contributed by atoms with E-state index in [0.29, 0.717) is 34.2 Å². The van der Waals surface area contributed by atoms with Crippen LogP contribution in [0.2, 0.25) is 0 Å². The van der Waals surface area contributed by atoms with Gasteiger partial charge in [0.15, 0.2) is 0 Å². The van der Waals surface area contributed by atoms with Crippen molar-refractivity contribution in [2.24, 2.45) is 0 Å². The van der Waals surface area contributed by atoms with Crippen molar-refractivity contribution in [3.05, 3.63) is 96.6 Å². The second kappa shape index (κ2) is 9.81. The molecule has 0 bridgehead atoms. The molecule has 0 saturated carbocycles. The van der Waals surface area contributed by atoms with Crippen LogP contribution >= 0.6 is 0 Å². The summed E-state index contributed by atoms with van der Waals surface area (Å²) in [6, 6.07) is 24.9. The quantitative estimate of drug-likeness (QED) is 0.237. The monoisotopic (exact) mass is 502 g/mol. The predicted molar refractivity (Wildman–Crippen MR) is 134 cm³/mol. The van der Waals surface area contributed by atoms with Gasteiger partial charge in [-0.05, 0) is 72.8 Å². The Hall–Kier alpha value is -4.59. The molecular formula is C29H21F3N2O3. The van der Waals surface area contributed by atoms with E-state index < -0.39 is 11.7 Å². The van der Waals surface area contributed by atoms with E-state index in [1.807, 2.05) is 42.5 Å². The van der Waals surface area contributed by atoms with Crippen molar-refractivity contribution in [3.8, 4) is 56.7 Å². The third-order valence-corrected chi connectivity index (χ3v) is 5.91.